The number of aryl methyl sites for hydroxylation is 2. The molecule has 108 valence electrons. The zero-order valence-electron chi connectivity index (χ0n) is 13.1. The Balaban J connectivity index is 2.87. The van der Waals surface area contributed by atoms with E-state index in [9.17, 15) is 5.11 Å². The number of benzene rings is 1. The fraction of sp³-hybridized carbons (Fsp3) is 0.625. The summed E-state index contributed by atoms with van der Waals surface area (Å²) < 4.78 is 5.56. The molecule has 2 N–H and O–H groups in total. The lowest BCUT2D eigenvalue weighted by atomic mass is 9.94. The predicted molar refractivity (Wildman–Crippen MR) is 79.8 cm³/mol. The fourth-order valence-electron chi connectivity index (χ4n) is 2.18. The maximum Gasteiger partial charge on any atom is 0.126 e. The van der Waals surface area contributed by atoms with Gasteiger partial charge in [0.15, 0.2) is 0 Å². The van der Waals surface area contributed by atoms with Crippen molar-refractivity contribution in [1.29, 1.82) is 0 Å². The first-order valence-corrected chi connectivity index (χ1v) is 6.77. The summed E-state index contributed by atoms with van der Waals surface area (Å²) in [5.74, 6) is 0.979. The van der Waals surface area contributed by atoms with Crippen molar-refractivity contribution in [2.24, 2.45) is 5.41 Å². The Kier molecular flexibility index (Phi) is 5.39. The number of rotatable bonds is 6. The molecule has 0 saturated heterocycles. The molecule has 0 unspecified atom stereocenters. The van der Waals surface area contributed by atoms with Gasteiger partial charge in [0.1, 0.15) is 5.75 Å². The topological polar surface area (TPSA) is 41.5 Å². The third kappa shape index (κ3) is 3.95. The highest BCUT2D eigenvalue weighted by Crippen LogP contribution is 2.29. The van der Waals surface area contributed by atoms with E-state index in [-0.39, 0.29) is 12.0 Å². The number of aliphatic hydroxyl groups is 1. The third-order valence-electron chi connectivity index (χ3n) is 3.65. The number of hydrogen-bond donors (Lipinski definition) is 2. The molecule has 0 aliphatic heterocycles. The molecule has 0 atom stereocenters. The maximum absolute atomic E-state index is 9.26. The van der Waals surface area contributed by atoms with Crippen LogP contribution in [-0.2, 0) is 6.54 Å². The van der Waals surface area contributed by atoms with Crippen LogP contribution in [-0.4, -0.2) is 25.4 Å². The zero-order chi connectivity index (χ0) is 14.6. The lowest BCUT2D eigenvalue weighted by molar-refractivity contribution is 0.156. The van der Waals surface area contributed by atoms with Gasteiger partial charge in [0.2, 0.25) is 0 Å². The smallest absolute Gasteiger partial charge is 0.126 e. The summed E-state index contributed by atoms with van der Waals surface area (Å²) in [6.45, 7) is 12.1. The first-order chi connectivity index (χ1) is 8.82. The average molecular weight is 265 g/mol. The van der Waals surface area contributed by atoms with Crippen LogP contribution in [0.4, 0.5) is 0 Å². The van der Waals surface area contributed by atoms with Crippen LogP contribution in [0.25, 0.3) is 0 Å². The van der Waals surface area contributed by atoms with Gasteiger partial charge in [0.25, 0.3) is 0 Å². The standard InChI is InChI=1S/C16H27NO2/c1-11-7-12(2)14(15(19-6)13(11)3)8-17-9-16(4,5)10-18/h7,17-18H,8-10H2,1-6H3. The molecule has 0 heterocycles. The Labute approximate surface area is 117 Å². The summed E-state index contributed by atoms with van der Waals surface area (Å²) in [5.41, 5.74) is 4.81. The Morgan fingerprint density at radius 3 is 2.37 bits per heavy atom. The molecule has 0 aliphatic carbocycles. The van der Waals surface area contributed by atoms with Crippen LogP contribution in [0, 0.1) is 26.2 Å². The van der Waals surface area contributed by atoms with Gasteiger partial charge in [-0.2, -0.15) is 0 Å². The van der Waals surface area contributed by atoms with Crippen LogP contribution in [0.2, 0.25) is 0 Å². The summed E-state index contributed by atoms with van der Waals surface area (Å²) in [7, 11) is 1.72. The number of methoxy groups -OCH3 is 1. The Hall–Kier alpha value is -1.06. The molecular weight excluding hydrogens is 238 g/mol. The van der Waals surface area contributed by atoms with E-state index in [2.05, 4.69) is 32.2 Å². The van der Waals surface area contributed by atoms with Crippen molar-refractivity contribution in [3.63, 3.8) is 0 Å². The molecule has 0 aromatic heterocycles. The van der Waals surface area contributed by atoms with E-state index in [0.29, 0.717) is 0 Å². The quantitative estimate of drug-likeness (QED) is 0.831. The second-order valence-electron chi connectivity index (χ2n) is 6.07. The van der Waals surface area contributed by atoms with Crippen molar-refractivity contribution in [3.05, 3.63) is 28.3 Å². The van der Waals surface area contributed by atoms with E-state index in [4.69, 9.17) is 4.74 Å². The van der Waals surface area contributed by atoms with E-state index in [1.807, 2.05) is 13.8 Å². The van der Waals surface area contributed by atoms with Gasteiger partial charge in [-0.1, -0.05) is 19.9 Å². The number of ether oxygens (including phenoxy) is 1. The molecular formula is C16H27NO2. The SMILES string of the molecule is COc1c(C)c(C)cc(C)c1CNCC(C)(C)CO. The van der Waals surface area contributed by atoms with Crippen LogP contribution in [0.3, 0.4) is 0 Å². The van der Waals surface area contributed by atoms with Crippen molar-refractivity contribution in [3.8, 4) is 5.75 Å². The molecule has 0 spiro atoms. The molecule has 0 fully saturated rings. The first kappa shape index (κ1) is 16.0. The molecule has 0 bridgehead atoms. The van der Waals surface area contributed by atoms with Crippen LogP contribution in [0.15, 0.2) is 6.07 Å². The first-order valence-electron chi connectivity index (χ1n) is 6.77. The average Bonchev–Trinajstić information content (AvgIpc) is 2.35. The predicted octanol–water partition coefficient (Wildman–Crippen LogP) is 2.73. The van der Waals surface area contributed by atoms with Crippen molar-refractivity contribution in [2.45, 2.75) is 41.2 Å². The molecule has 0 aliphatic rings. The number of nitrogens with one attached hydrogen (secondary N) is 1. The Morgan fingerprint density at radius 1 is 1.21 bits per heavy atom. The van der Waals surface area contributed by atoms with Crippen LogP contribution in [0.5, 0.6) is 5.75 Å². The lowest BCUT2D eigenvalue weighted by Gasteiger charge is -2.23. The highest BCUT2D eigenvalue weighted by atomic mass is 16.5. The summed E-state index contributed by atoms with van der Waals surface area (Å²) in [5, 5.41) is 12.7. The summed E-state index contributed by atoms with van der Waals surface area (Å²) in [4.78, 5) is 0. The van der Waals surface area contributed by atoms with Crippen LogP contribution < -0.4 is 10.1 Å². The van der Waals surface area contributed by atoms with Gasteiger partial charge in [0.05, 0.1) is 7.11 Å². The van der Waals surface area contributed by atoms with Gasteiger partial charge in [-0.15, -0.1) is 0 Å². The highest BCUT2D eigenvalue weighted by molar-refractivity contribution is 5.49. The van der Waals surface area contributed by atoms with Crippen molar-refractivity contribution >= 4 is 0 Å². The second-order valence-corrected chi connectivity index (χ2v) is 6.07. The van der Waals surface area contributed by atoms with Crippen LogP contribution >= 0.6 is 0 Å². The minimum atomic E-state index is -0.0963. The molecule has 0 saturated carbocycles. The third-order valence-corrected chi connectivity index (χ3v) is 3.65. The van der Waals surface area contributed by atoms with E-state index in [0.717, 1.165) is 18.8 Å². The van der Waals surface area contributed by atoms with E-state index in [1.54, 1.807) is 7.11 Å². The zero-order valence-corrected chi connectivity index (χ0v) is 13.1. The Morgan fingerprint density at radius 2 is 1.84 bits per heavy atom. The van der Waals surface area contributed by atoms with Gasteiger partial charge in [-0.05, 0) is 37.5 Å². The van der Waals surface area contributed by atoms with Crippen LogP contribution in [0.1, 0.15) is 36.1 Å². The van der Waals surface area contributed by atoms with Crippen molar-refractivity contribution in [1.82, 2.24) is 5.32 Å². The number of aliphatic hydroxyl groups excluding tert-OH is 1. The number of hydrogen-bond acceptors (Lipinski definition) is 3. The van der Waals surface area contributed by atoms with E-state index in [1.165, 1.54) is 22.3 Å². The van der Waals surface area contributed by atoms with Gasteiger partial charge in [0, 0.05) is 30.7 Å². The molecule has 3 heteroatoms. The van der Waals surface area contributed by atoms with Gasteiger partial charge < -0.3 is 15.2 Å². The van der Waals surface area contributed by atoms with Crippen molar-refractivity contribution < 1.29 is 9.84 Å². The molecule has 3 nitrogen and oxygen atoms in total. The van der Waals surface area contributed by atoms with Gasteiger partial charge in [-0.25, -0.2) is 0 Å². The Bertz CT molecular complexity index is 439. The summed E-state index contributed by atoms with van der Waals surface area (Å²) in [6.07, 6.45) is 0. The van der Waals surface area contributed by atoms with E-state index >= 15 is 0 Å². The second kappa shape index (κ2) is 6.40. The molecule has 0 amide bonds. The molecule has 1 aromatic rings. The minimum absolute atomic E-state index is 0.0963. The summed E-state index contributed by atoms with van der Waals surface area (Å²) >= 11 is 0. The molecule has 1 rings (SSSR count). The van der Waals surface area contributed by atoms with Gasteiger partial charge in [-0.3, -0.25) is 0 Å². The maximum atomic E-state index is 9.26. The lowest BCUT2D eigenvalue weighted by Crippen LogP contribution is -2.32. The highest BCUT2D eigenvalue weighted by Gasteiger charge is 2.17. The monoisotopic (exact) mass is 265 g/mol. The normalized spacial score (nSPS) is 11.7. The van der Waals surface area contributed by atoms with Crippen molar-refractivity contribution in [2.75, 3.05) is 20.3 Å². The minimum Gasteiger partial charge on any atom is -0.496 e. The van der Waals surface area contributed by atoms with Gasteiger partial charge >= 0.3 is 0 Å². The van der Waals surface area contributed by atoms with E-state index < -0.39 is 0 Å². The molecule has 0 radical (unpaired) electrons. The fourth-order valence-corrected chi connectivity index (χ4v) is 2.18. The summed E-state index contributed by atoms with van der Waals surface area (Å²) in [6, 6.07) is 2.20. The largest absolute Gasteiger partial charge is 0.496 e. The molecule has 1 aromatic carbocycles. The molecule has 19 heavy (non-hydrogen) atoms.